The average molecular weight is 305 g/mol. The van der Waals surface area contributed by atoms with Crippen LogP contribution in [0.5, 0.6) is 0 Å². The zero-order valence-electron chi connectivity index (χ0n) is 12.3. The molecule has 110 valence electrons. The standard InChI is InChI=1S/C15H17ClN4O/c1-9(21)19-13-4-10(11(16)6-17-13)12-7-18-14-5-15(2,3)8-20(12)14/h4,6-7H,5,8H2,1-3H3,(H,17,19,21). The third-order valence-electron chi connectivity index (χ3n) is 3.60. The molecule has 0 fully saturated rings. The number of carbonyl (C=O) groups is 1. The lowest BCUT2D eigenvalue weighted by atomic mass is 9.92. The number of imidazole rings is 1. The van der Waals surface area contributed by atoms with Crippen molar-refractivity contribution in [1.82, 2.24) is 14.5 Å². The Bertz CT molecular complexity index is 720. The quantitative estimate of drug-likeness (QED) is 0.927. The molecule has 0 saturated carbocycles. The van der Waals surface area contributed by atoms with Gasteiger partial charge in [0.15, 0.2) is 0 Å². The minimum absolute atomic E-state index is 0.157. The van der Waals surface area contributed by atoms with Crippen LogP contribution >= 0.6 is 11.6 Å². The monoisotopic (exact) mass is 304 g/mol. The summed E-state index contributed by atoms with van der Waals surface area (Å²) in [4.78, 5) is 19.8. The van der Waals surface area contributed by atoms with E-state index in [1.165, 1.54) is 6.92 Å². The number of carbonyl (C=O) groups excluding carboxylic acids is 1. The highest BCUT2D eigenvalue weighted by atomic mass is 35.5. The van der Waals surface area contributed by atoms with E-state index >= 15 is 0 Å². The zero-order valence-corrected chi connectivity index (χ0v) is 13.0. The van der Waals surface area contributed by atoms with Crippen molar-refractivity contribution < 1.29 is 4.79 Å². The number of aromatic nitrogens is 3. The summed E-state index contributed by atoms with van der Waals surface area (Å²) in [7, 11) is 0. The Hall–Kier alpha value is -1.88. The number of halogens is 1. The molecule has 3 heterocycles. The van der Waals surface area contributed by atoms with Gasteiger partial charge in [-0.2, -0.15) is 0 Å². The lowest BCUT2D eigenvalue weighted by molar-refractivity contribution is -0.114. The van der Waals surface area contributed by atoms with Crippen LogP contribution in [-0.2, 0) is 17.8 Å². The number of rotatable bonds is 2. The van der Waals surface area contributed by atoms with Gasteiger partial charge in [0.2, 0.25) is 5.91 Å². The van der Waals surface area contributed by atoms with Crippen LogP contribution < -0.4 is 5.32 Å². The maximum atomic E-state index is 11.2. The molecule has 6 heteroatoms. The van der Waals surface area contributed by atoms with Gasteiger partial charge in [0.05, 0.1) is 16.9 Å². The van der Waals surface area contributed by atoms with E-state index in [2.05, 4.69) is 33.7 Å². The van der Waals surface area contributed by atoms with Gasteiger partial charge in [-0.3, -0.25) is 4.79 Å². The molecule has 0 bridgehead atoms. The summed E-state index contributed by atoms with van der Waals surface area (Å²) in [6.45, 7) is 6.81. The van der Waals surface area contributed by atoms with E-state index in [1.807, 2.05) is 6.20 Å². The highest BCUT2D eigenvalue weighted by Crippen LogP contribution is 2.37. The average Bonchev–Trinajstić information content (AvgIpc) is 2.86. The van der Waals surface area contributed by atoms with Gasteiger partial charge in [0.1, 0.15) is 11.6 Å². The Morgan fingerprint density at radius 3 is 2.86 bits per heavy atom. The molecule has 2 aromatic rings. The number of fused-ring (bicyclic) bond motifs is 1. The molecule has 0 unspecified atom stereocenters. The molecule has 1 N–H and O–H groups in total. The predicted molar refractivity (Wildman–Crippen MR) is 82.3 cm³/mol. The SMILES string of the molecule is CC(=O)Nc1cc(-c2cnc3n2CC(C)(C)C3)c(Cl)cn1. The molecule has 5 nitrogen and oxygen atoms in total. The number of hydrogen-bond acceptors (Lipinski definition) is 3. The summed E-state index contributed by atoms with van der Waals surface area (Å²) in [5, 5.41) is 3.23. The van der Waals surface area contributed by atoms with E-state index in [4.69, 9.17) is 11.6 Å². The van der Waals surface area contributed by atoms with E-state index in [0.29, 0.717) is 10.8 Å². The summed E-state index contributed by atoms with van der Waals surface area (Å²) in [5.74, 6) is 1.41. The van der Waals surface area contributed by atoms with Crippen LogP contribution in [-0.4, -0.2) is 20.4 Å². The first-order valence-electron chi connectivity index (χ1n) is 6.84. The highest BCUT2D eigenvalue weighted by molar-refractivity contribution is 6.33. The van der Waals surface area contributed by atoms with Gasteiger partial charge in [-0.05, 0) is 11.5 Å². The fourth-order valence-corrected chi connectivity index (χ4v) is 2.94. The van der Waals surface area contributed by atoms with Crippen LogP contribution in [0.25, 0.3) is 11.3 Å². The van der Waals surface area contributed by atoms with Crippen molar-refractivity contribution in [3.63, 3.8) is 0 Å². The van der Waals surface area contributed by atoms with Crippen molar-refractivity contribution in [2.45, 2.75) is 33.7 Å². The molecule has 1 amide bonds. The molecule has 0 saturated heterocycles. The van der Waals surface area contributed by atoms with Gasteiger partial charge < -0.3 is 9.88 Å². The molecular formula is C15H17ClN4O. The van der Waals surface area contributed by atoms with E-state index in [1.54, 1.807) is 12.3 Å². The van der Waals surface area contributed by atoms with Gasteiger partial charge in [-0.25, -0.2) is 9.97 Å². The Kier molecular flexibility index (Phi) is 3.24. The molecule has 0 spiro atoms. The summed E-state index contributed by atoms with van der Waals surface area (Å²) in [6, 6.07) is 1.79. The number of nitrogens with zero attached hydrogens (tertiary/aromatic N) is 3. The van der Waals surface area contributed by atoms with Gasteiger partial charge in [-0.1, -0.05) is 25.4 Å². The van der Waals surface area contributed by atoms with Crippen molar-refractivity contribution in [2.75, 3.05) is 5.32 Å². The number of pyridine rings is 1. The van der Waals surface area contributed by atoms with Crippen molar-refractivity contribution in [3.05, 3.63) is 29.3 Å². The zero-order chi connectivity index (χ0) is 15.2. The molecule has 21 heavy (non-hydrogen) atoms. The predicted octanol–water partition coefficient (Wildman–Crippen LogP) is 3.14. The molecule has 0 atom stereocenters. The Morgan fingerprint density at radius 2 is 2.14 bits per heavy atom. The second-order valence-corrected chi connectivity index (χ2v) is 6.62. The van der Waals surface area contributed by atoms with Crippen LogP contribution in [0.3, 0.4) is 0 Å². The number of amides is 1. The molecule has 0 radical (unpaired) electrons. The van der Waals surface area contributed by atoms with E-state index in [-0.39, 0.29) is 11.3 Å². The topological polar surface area (TPSA) is 59.8 Å². The third-order valence-corrected chi connectivity index (χ3v) is 3.90. The molecular weight excluding hydrogens is 288 g/mol. The normalized spacial score (nSPS) is 15.8. The maximum absolute atomic E-state index is 11.2. The van der Waals surface area contributed by atoms with E-state index in [9.17, 15) is 4.79 Å². The molecule has 1 aliphatic heterocycles. The third kappa shape index (κ3) is 2.65. The second kappa shape index (κ2) is 4.84. The maximum Gasteiger partial charge on any atom is 0.222 e. The Balaban J connectivity index is 2.04. The van der Waals surface area contributed by atoms with Crippen LogP contribution in [0.15, 0.2) is 18.5 Å². The molecule has 0 aromatic carbocycles. The van der Waals surface area contributed by atoms with Crippen molar-refractivity contribution in [1.29, 1.82) is 0 Å². The van der Waals surface area contributed by atoms with E-state index in [0.717, 1.165) is 30.0 Å². The fourth-order valence-electron chi connectivity index (χ4n) is 2.74. The van der Waals surface area contributed by atoms with E-state index < -0.39 is 0 Å². The fraction of sp³-hybridized carbons (Fsp3) is 0.400. The second-order valence-electron chi connectivity index (χ2n) is 6.22. The summed E-state index contributed by atoms with van der Waals surface area (Å²) in [5.41, 5.74) is 2.01. The van der Waals surface area contributed by atoms with Gasteiger partial charge in [0.25, 0.3) is 0 Å². The lowest BCUT2D eigenvalue weighted by Crippen LogP contribution is -2.13. The van der Waals surface area contributed by atoms with Crippen molar-refractivity contribution >= 4 is 23.3 Å². The lowest BCUT2D eigenvalue weighted by Gasteiger charge is -2.16. The molecule has 3 rings (SSSR count). The van der Waals surface area contributed by atoms with Gasteiger partial charge in [-0.15, -0.1) is 0 Å². The minimum atomic E-state index is -0.157. The van der Waals surface area contributed by atoms with Crippen LogP contribution in [0.2, 0.25) is 5.02 Å². The van der Waals surface area contributed by atoms with Gasteiger partial charge in [0, 0.05) is 31.6 Å². The number of hydrogen-bond donors (Lipinski definition) is 1. The molecule has 1 aliphatic rings. The number of anilines is 1. The Labute approximate surface area is 128 Å². The van der Waals surface area contributed by atoms with Gasteiger partial charge >= 0.3 is 0 Å². The van der Waals surface area contributed by atoms with Crippen LogP contribution in [0.4, 0.5) is 5.82 Å². The smallest absolute Gasteiger partial charge is 0.222 e. The summed E-state index contributed by atoms with van der Waals surface area (Å²) < 4.78 is 2.19. The summed E-state index contributed by atoms with van der Waals surface area (Å²) >= 11 is 6.28. The van der Waals surface area contributed by atoms with Crippen molar-refractivity contribution in [2.24, 2.45) is 5.41 Å². The summed E-state index contributed by atoms with van der Waals surface area (Å²) in [6.07, 6.45) is 4.35. The first kappa shape index (κ1) is 14.1. The van der Waals surface area contributed by atoms with Crippen molar-refractivity contribution in [3.8, 4) is 11.3 Å². The highest BCUT2D eigenvalue weighted by Gasteiger charge is 2.31. The van der Waals surface area contributed by atoms with Crippen LogP contribution in [0, 0.1) is 5.41 Å². The number of nitrogens with one attached hydrogen (secondary N) is 1. The molecule has 2 aromatic heterocycles. The first-order valence-corrected chi connectivity index (χ1v) is 7.21. The molecule has 0 aliphatic carbocycles. The largest absolute Gasteiger partial charge is 0.327 e. The van der Waals surface area contributed by atoms with Crippen LogP contribution in [0.1, 0.15) is 26.6 Å². The Morgan fingerprint density at radius 1 is 1.38 bits per heavy atom. The minimum Gasteiger partial charge on any atom is -0.327 e. The first-order chi connectivity index (χ1) is 9.85.